The van der Waals surface area contributed by atoms with Crippen molar-refractivity contribution >= 4 is 0 Å². The zero-order valence-corrected chi connectivity index (χ0v) is 15.9. The van der Waals surface area contributed by atoms with Crippen molar-refractivity contribution < 1.29 is 20.4 Å². The molecule has 0 radical (unpaired) electrons. The van der Waals surface area contributed by atoms with Crippen molar-refractivity contribution in [2.75, 3.05) is 0 Å². The third-order valence-electron chi connectivity index (χ3n) is 7.85. The van der Waals surface area contributed by atoms with E-state index in [-0.39, 0.29) is 23.7 Å². The smallest absolute Gasteiger partial charge is 0.0655 e. The van der Waals surface area contributed by atoms with Crippen molar-refractivity contribution in [3.05, 3.63) is 0 Å². The van der Waals surface area contributed by atoms with Crippen LogP contribution in [0.3, 0.4) is 0 Å². The van der Waals surface area contributed by atoms with Crippen molar-refractivity contribution in [2.24, 2.45) is 17.3 Å². The molecule has 3 aliphatic rings. The normalized spacial score (nSPS) is 45.7. The van der Waals surface area contributed by atoms with Crippen LogP contribution in [0.25, 0.3) is 0 Å². The van der Waals surface area contributed by atoms with Crippen LogP contribution in [0, 0.1) is 17.3 Å². The molecule has 3 saturated carbocycles. The topological polar surface area (TPSA) is 80.9 Å². The molecule has 4 N–H and O–H groups in total. The molecule has 4 heteroatoms. The maximum Gasteiger partial charge on any atom is 0.0655 e. The van der Waals surface area contributed by atoms with Gasteiger partial charge in [-0.25, -0.2) is 0 Å². The molecule has 0 spiro atoms. The Hall–Kier alpha value is -0.160. The summed E-state index contributed by atoms with van der Waals surface area (Å²) in [5.41, 5.74) is -0.586. The molecule has 146 valence electrons. The Morgan fingerprint density at radius 2 is 1.04 bits per heavy atom. The van der Waals surface area contributed by atoms with Gasteiger partial charge in [0.15, 0.2) is 0 Å². The molecule has 0 aromatic heterocycles. The first-order valence-electron chi connectivity index (χ1n) is 10.6. The van der Waals surface area contributed by atoms with E-state index in [0.717, 1.165) is 57.8 Å². The predicted octanol–water partition coefficient (Wildman–Crippen LogP) is 3.15. The molecule has 3 aliphatic carbocycles. The van der Waals surface area contributed by atoms with Gasteiger partial charge in [-0.15, -0.1) is 0 Å². The Morgan fingerprint density at radius 3 is 1.44 bits per heavy atom. The van der Waals surface area contributed by atoms with Crippen molar-refractivity contribution in [3.63, 3.8) is 0 Å². The van der Waals surface area contributed by atoms with E-state index < -0.39 is 5.60 Å². The van der Waals surface area contributed by atoms with Crippen LogP contribution >= 0.6 is 0 Å². The van der Waals surface area contributed by atoms with Gasteiger partial charge >= 0.3 is 0 Å². The summed E-state index contributed by atoms with van der Waals surface area (Å²) in [7, 11) is 0. The highest BCUT2D eigenvalue weighted by Gasteiger charge is 2.48. The Labute approximate surface area is 152 Å². The largest absolute Gasteiger partial charge is 0.393 e. The molecule has 3 fully saturated rings. The number of rotatable bonds is 4. The molecule has 0 aliphatic heterocycles. The van der Waals surface area contributed by atoms with E-state index in [4.69, 9.17) is 0 Å². The number of hydrogen-bond donors (Lipinski definition) is 4. The highest BCUT2D eigenvalue weighted by molar-refractivity contribution is 4.99. The van der Waals surface area contributed by atoms with Crippen LogP contribution in [0.1, 0.15) is 90.4 Å². The number of aliphatic hydroxyl groups excluding tert-OH is 3. The molecule has 0 bridgehead atoms. The summed E-state index contributed by atoms with van der Waals surface area (Å²) in [6.07, 6.45) is 10.8. The van der Waals surface area contributed by atoms with E-state index in [0.29, 0.717) is 37.5 Å². The molecule has 0 aromatic carbocycles. The Morgan fingerprint density at radius 1 is 0.680 bits per heavy atom. The van der Waals surface area contributed by atoms with Crippen LogP contribution in [0.15, 0.2) is 0 Å². The molecule has 0 saturated heterocycles. The van der Waals surface area contributed by atoms with E-state index >= 15 is 0 Å². The summed E-state index contributed by atoms with van der Waals surface area (Å²) in [5, 5.41) is 41.0. The summed E-state index contributed by atoms with van der Waals surface area (Å²) < 4.78 is 0. The lowest BCUT2D eigenvalue weighted by molar-refractivity contribution is -0.103. The Kier molecular flexibility index (Phi) is 6.14. The van der Waals surface area contributed by atoms with Crippen molar-refractivity contribution in [2.45, 2.75) is 114 Å². The minimum Gasteiger partial charge on any atom is -0.393 e. The first-order valence-corrected chi connectivity index (χ1v) is 10.6. The van der Waals surface area contributed by atoms with Crippen LogP contribution in [0.2, 0.25) is 0 Å². The maximum atomic E-state index is 11.3. The Balaban J connectivity index is 1.76. The van der Waals surface area contributed by atoms with E-state index in [9.17, 15) is 20.4 Å². The van der Waals surface area contributed by atoms with Gasteiger partial charge in [-0.1, -0.05) is 6.92 Å². The second kappa shape index (κ2) is 7.84. The fourth-order valence-corrected chi connectivity index (χ4v) is 6.12. The minimum atomic E-state index is -0.653. The van der Waals surface area contributed by atoms with Gasteiger partial charge in [-0.3, -0.25) is 0 Å². The van der Waals surface area contributed by atoms with Crippen molar-refractivity contribution in [3.8, 4) is 0 Å². The average molecular weight is 355 g/mol. The lowest BCUT2D eigenvalue weighted by Crippen LogP contribution is -2.48. The molecule has 0 atom stereocenters. The predicted molar refractivity (Wildman–Crippen MR) is 98.1 cm³/mol. The number of aliphatic hydroxyl groups is 4. The summed E-state index contributed by atoms with van der Waals surface area (Å²) in [5.74, 6) is 1.10. The van der Waals surface area contributed by atoms with Gasteiger partial charge in [0.25, 0.3) is 0 Å². The van der Waals surface area contributed by atoms with Crippen LogP contribution in [0.4, 0.5) is 0 Å². The first kappa shape index (κ1) is 19.6. The fourth-order valence-electron chi connectivity index (χ4n) is 6.12. The van der Waals surface area contributed by atoms with Crippen LogP contribution in [-0.2, 0) is 0 Å². The van der Waals surface area contributed by atoms with E-state index in [1.165, 1.54) is 0 Å². The lowest BCUT2D eigenvalue weighted by atomic mass is 9.55. The van der Waals surface area contributed by atoms with Gasteiger partial charge in [0, 0.05) is 0 Å². The summed E-state index contributed by atoms with van der Waals surface area (Å²) in [4.78, 5) is 0. The third kappa shape index (κ3) is 4.58. The number of hydrogen-bond acceptors (Lipinski definition) is 4. The van der Waals surface area contributed by atoms with Gasteiger partial charge in [-0.2, -0.15) is 0 Å². The zero-order valence-electron chi connectivity index (χ0n) is 15.9. The van der Waals surface area contributed by atoms with Crippen LogP contribution < -0.4 is 0 Å². The van der Waals surface area contributed by atoms with Gasteiger partial charge in [-0.05, 0) is 101 Å². The molecule has 25 heavy (non-hydrogen) atoms. The average Bonchev–Trinajstić information content (AvgIpc) is 2.59. The monoisotopic (exact) mass is 354 g/mol. The molecule has 0 unspecified atom stereocenters. The first-order chi connectivity index (χ1) is 11.8. The van der Waals surface area contributed by atoms with Gasteiger partial charge in [0.1, 0.15) is 0 Å². The third-order valence-corrected chi connectivity index (χ3v) is 7.85. The van der Waals surface area contributed by atoms with Gasteiger partial charge in [0.05, 0.1) is 23.9 Å². The fraction of sp³-hybridized carbons (Fsp3) is 1.00. The quantitative estimate of drug-likeness (QED) is 0.625. The molecular formula is C21H38O4. The molecule has 0 aromatic rings. The van der Waals surface area contributed by atoms with E-state index in [1.807, 2.05) is 0 Å². The molecule has 0 amide bonds. The zero-order chi connectivity index (χ0) is 18.1. The van der Waals surface area contributed by atoms with E-state index in [2.05, 4.69) is 6.92 Å². The molecular weight excluding hydrogens is 316 g/mol. The maximum absolute atomic E-state index is 11.3. The van der Waals surface area contributed by atoms with Crippen LogP contribution in [0.5, 0.6) is 0 Å². The minimum absolute atomic E-state index is 0.0668. The lowest BCUT2D eigenvalue weighted by Gasteiger charge is -2.52. The second-order valence-electron chi connectivity index (χ2n) is 9.65. The highest BCUT2D eigenvalue weighted by Crippen LogP contribution is 2.54. The highest BCUT2D eigenvalue weighted by atomic mass is 16.3. The SMILES string of the molecule is CC(CC1(O)CCC(O)CC1)(C1CCC(O)CC1)C1CCC(O)CC1. The summed E-state index contributed by atoms with van der Waals surface area (Å²) >= 11 is 0. The molecule has 0 heterocycles. The van der Waals surface area contributed by atoms with Gasteiger partial charge in [0.2, 0.25) is 0 Å². The second-order valence-corrected chi connectivity index (χ2v) is 9.65. The summed E-state index contributed by atoms with van der Waals surface area (Å²) in [6.45, 7) is 2.38. The molecule has 4 nitrogen and oxygen atoms in total. The van der Waals surface area contributed by atoms with Crippen molar-refractivity contribution in [1.29, 1.82) is 0 Å². The Bertz CT molecular complexity index is 392. The van der Waals surface area contributed by atoms with Crippen molar-refractivity contribution in [1.82, 2.24) is 0 Å². The standard InChI is InChI=1S/C21H38O4/c1-20(15-2-6-17(22)7-3-15,16-4-8-18(23)9-5-16)14-21(25)12-10-19(24)11-13-21/h15-19,22-25H,2-14H2,1H3. The summed E-state index contributed by atoms with van der Waals surface area (Å²) in [6, 6.07) is 0. The van der Waals surface area contributed by atoms with Gasteiger partial charge < -0.3 is 20.4 Å². The van der Waals surface area contributed by atoms with E-state index in [1.54, 1.807) is 0 Å². The van der Waals surface area contributed by atoms with Crippen LogP contribution in [-0.4, -0.2) is 44.3 Å². The molecule has 3 rings (SSSR count).